The van der Waals surface area contributed by atoms with Gasteiger partial charge in [-0.3, -0.25) is 0 Å². The molecule has 4 heteroatoms. The normalized spacial score (nSPS) is 17.6. The summed E-state index contributed by atoms with van der Waals surface area (Å²) in [4.78, 5) is 4.43. The number of rotatable bonds is 4. The van der Waals surface area contributed by atoms with E-state index in [2.05, 4.69) is 22.4 Å². The molecule has 3 rings (SSSR count). The summed E-state index contributed by atoms with van der Waals surface area (Å²) in [7, 11) is 1.71. The van der Waals surface area contributed by atoms with Crippen molar-refractivity contribution in [3.05, 3.63) is 46.7 Å². The van der Waals surface area contributed by atoms with Crippen LogP contribution in [-0.2, 0) is 13.0 Å². The van der Waals surface area contributed by atoms with Crippen molar-refractivity contribution >= 4 is 0 Å². The van der Waals surface area contributed by atoms with Crippen LogP contribution < -0.4 is 10.1 Å². The highest BCUT2D eigenvalue weighted by Gasteiger charge is 2.21. The molecule has 1 unspecified atom stereocenters. The number of nitrogens with zero attached hydrogens (tertiary/aromatic N) is 1. The monoisotopic (exact) mass is 286 g/mol. The van der Waals surface area contributed by atoms with E-state index < -0.39 is 0 Å². The number of ether oxygens (including phenoxy) is 1. The molecule has 1 N–H and O–H groups in total. The minimum atomic E-state index is 0.344. The molecule has 0 aliphatic heterocycles. The maximum atomic E-state index is 5.64. The Hall–Kier alpha value is -1.81. The van der Waals surface area contributed by atoms with Crippen LogP contribution in [-0.4, -0.2) is 12.1 Å². The van der Waals surface area contributed by atoms with E-state index in [0.717, 1.165) is 35.9 Å². The largest absolute Gasteiger partial charge is 0.497 e. The van der Waals surface area contributed by atoms with Gasteiger partial charge in [-0.15, -0.1) is 0 Å². The van der Waals surface area contributed by atoms with Gasteiger partial charge in [-0.1, -0.05) is 6.07 Å². The fourth-order valence-corrected chi connectivity index (χ4v) is 2.94. The van der Waals surface area contributed by atoms with Crippen LogP contribution in [0.15, 0.2) is 22.6 Å². The van der Waals surface area contributed by atoms with E-state index in [0.29, 0.717) is 12.6 Å². The Labute approximate surface area is 125 Å². The molecule has 21 heavy (non-hydrogen) atoms. The predicted molar refractivity (Wildman–Crippen MR) is 81.5 cm³/mol. The Bertz CT molecular complexity index is 614. The van der Waals surface area contributed by atoms with E-state index >= 15 is 0 Å². The average molecular weight is 286 g/mol. The van der Waals surface area contributed by atoms with E-state index in [-0.39, 0.29) is 0 Å². The maximum absolute atomic E-state index is 5.64. The smallest absolute Gasteiger partial charge is 0.208 e. The zero-order valence-electron chi connectivity index (χ0n) is 12.9. The third kappa shape index (κ3) is 2.95. The zero-order valence-corrected chi connectivity index (χ0v) is 12.9. The molecule has 1 aromatic heterocycles. The van der Waals surface area contributed by atoms with Crippen LogP contribution in [0.25, 0.3) is 0 Å². The molecule has 0 saturated heterocycles. The number of aryl methyl sites for hydroxylation is 3. The lowest BCUT2D eigenvalue weighted by Gasteiger charge is -2.26. The lowest BCUT2D eigenvalue weighted by Crippen LogP contribution is -2.25. The summed E-state index contributed by atoms with van der Waals surface area (Å²) in [6.07, 6.45) is 3.49. The van der Waals surface area contributed by atoms with Gasteiger partial charge in [0.05, 0.1) is 19.3 Å². The molecule has 4 nitrogen and oxygen atoms in total. The van der Waals surface area contributed by atoms with Crippen molar-refractivity contribution in [3.8, 4) is 5.75 Å². The molecule has 112 valence electrons. The van der Waals surface area contributed by atoms with Crippen molar-refractivity contribution in [2.75, 3.05) is 7.11 Å². The highest BCUT2D eigenvalue weighted by molar-refractivity contribution is 5.39. The molecule has 1 aromatic carbocycles. The van der Waals surface area contributed by atoms with Gasteiger partial charge in [0.1, 0.15) is 11.5 Å². The third-order valence-electron chi connectivity index (χ3n) is 4.24. The van der Waals surface area contributed by atoms with E-state index in [9.17, 15) is 0 Å². The SMILES string of the molecule is COc1ccc2c(c1)C(NCc1nc(C)c(C)o1)CCC2. The molecule has 0 spiro atoms. The Morgan fingerprint density at radius 3 is 2.95 bits per heavy atom. The standard InChI is InChI=1S/C17H22N2O2/c1-11-12(2)21-17(19-11)10-18-16-6-4-5-13-7-8-14(20-3)9-15(13)16/h7-9,16,18H,4-6,10H2,1-3H3. The van der Waals surface area contributed by atoms with Gasteiger partial charge in [0.2, 0.25) is 5.89 Å². The molecule has 0 bridgehead atoms. The zero-order chi connectivity index (χ0) is 14.8. The second-order valence-corrected chi connectivity index (χ2v) is 5.64. The number of nitrogens with one attached hydrogen (secondary N) is 1. The number of benzene rings is 1. The van der Waals surface area contributed by atoms with Crippen LogP contribution >= 0.6 is 0 Å². The van der Waals surface area contributed by atoms with Gasteiger partial charge in [0.15, 0.2) is 0 Å². The Balaban J connectivity index is 1.75. The molecular weight excluding hydrogens is 264 g/mol. The van der Waals surface area contributed by atoms with E-state index in [4.69, 9.17) is 9.15 Å². The van der Waals surface area contributed by atoms with Crippen LogP contribution in [0.4, 0.5) is 0 Å². The first-order valence-electron chi connectivity index (χ1n) is 7.50. The molecule has 0 radical (unpaired) electrons. The summed E-state index contributed by atoms with van der Waals surface area (Å²) in [6, 6.07) is 6.72. The highest BCUT2D eigenvalue weighted by Crippen LogP contribution is 2.32. The molecule has 1 atom stereocenters. The number of hydrogen-bond donors (Lipinski definition) is 1. The summed E-state index contributed by atoms with van der Waals surface area (Å²) in [5.74, 6) is 2.59. The second-order valence-electron chi connectivity index (χ2n) is 5.64. The van der Waals surface area contributed by atoms with Crippen LogP contribution in [0, 0.1) is 13.8 Å². The molecule has 2 aromatic rings. The summed E-state index contributed by atoms with van der Waals surface area (Å²) in [5, 5.41) is 3.57. The van der Waals surface area contributed by atoms with Crippen LogP contribution in [0.1, 0.15) is 47.4 Å². The van der Waals surface area contributed by atoms with Crippen LogP contribution in [0.3, 0.4) is 0 Å². The number of hydrogen-bond acceptors (Lipinski definition) is 4. The molecule has 0 amide bonds. The van der Waals surface area contributed by atoms with E-state index in [1.807, 2.05) is 19.9 Å². The van der Waals surface area contributed by atoms with Gasteiger partial charge in [-0.2, -0.15) is 0 Å². The quantitative estimate of drug-likeness (QED) is 0.935. The van der Waals surface area contributed by atoms with Gasteiger partial charge in [0, 0.05) is 6.04 Å². The van der Waals surface area contributed by atoms with Crippen molar-refractivity contribution in [1.29, 1.82) is 0 Å². The van der Waals surface area contributed by atoms with Crippen molar-refractivity contribution in [2.24, 2.45) is 0 Å². The number of methoxy groups -OCH3 is 1. The third-order valence-corrected chi connectivity index (χ3v) is 4.24. The Kier molecular flexibility index (Phi) is 3.97. The first kappa shape index (κ1) is 14.1. The number of fused-ring (bicyclic) bond motifs is 1. The maximum Gasteiger partial charge on any atom is 0.208 e. The van der Waals surface area contributed by atoms with Crippen molar-refractivity contribution < 1.29 is 9.15 Å². The second kappa shape index (κ2) is 5.90. The molecule has 0 saturated carbocycles. The van der Waals surface area contributed by atoms with Gasteiger partial charge >= 0.3 is 0 Å². The first-order valence-corrected chi connectivity index (χ1v) is 7.50. The Morgan fingerprint density at radius 2 is 2.24 bits per heavy atom. The van der Waals surface area contributed by atoms with Crippen molar-refractivity contribution in [3.63, 3.8) is 0 Å². The first-order chi connectivity index (χ1) is 10.2. The summed E-state index contributed by atoms with van der Waals surface area (Å²) >= 11 is 0. The molecule has 1 aliphatic rings. The highest BCUT2D eigenvalue weighted by atomic mass is 16.5. The number of aromatic nitrogens is 1. The summed E-state index contributed by atoms with van der Waals surface area (Å²) in [6.45, 7) is 4.59. The minimum absolute atomic E-state index is 0.344. The lowest BCUT2D eigenvalue weighted by atomic mass is 9.87. The molecular formula is C17H22N2O2. The Morgan fingerprint density at radius 1 is 1.38 bits per heavy atom. The summed E-state index contributed by atoms with van der Waals surface area (Å²) < 4.78 is 11.0. The van der Waals surface area contributed by atoms with Crippen LogP contribution in [0.5, 0.6) is 5.75 Å². The van der Waals surface area contributed by atoms with Gasteiger partial charge < -0.3 is 14.5 Å². The van der Waals surface area contributed by atoms with E-state index in [1.54, 1.807) is 7.11 Å². The van der Waals surface area contributed by atoms with Gasteiger partial charge in [0.25, 0.3) is 0 Å². The fraction of sp³-hybridized carbons (Fsp3) is 0.471. The van der Waals surface area contributed by atoms with Crippen molar-refractivity contribution in [2.45, 2.75) is 45.7 Å². The van der Waals surface area contributed by atoms with E-state index in [1.165, 1.54) is 17.5 Å². The number of oxazole rings is 1. The van der Waals surface area contributed by atoms with Gasteiger partial charge in [-0.25, -0.2) is 4.98 Å². The molecule has 1 heterocycles. The van der Waals surface area contributed by atoms with Gasteiger partial charge in [-0.05, 0) is 56.4 Å². The fourth-order valence-electron chi connectivity index (χ4n) is 2.94. The molecule has 1 aliphatic carbocycles. The summed E-state index contributed by atoms with van der Waals surface area (Å²) in [5.41, 5.74) is 3.73. The average Bonchev–Trinajstić information content (AvgIpc) is 2.83. The van der Waals surface area contributed by atoms with Crippen molar-refractivity contribution in [1.82, 2.24) is 10.3 Å². The van der Waals surface area contributed by atoms with Crippen LogP contribution in [0.2, 0.25) is 0 Å². The predicted octanol–water partition coefficient (Wildman–Crippen LogP) is 3.47. The topological polar surface area (TPSA) is 47.3 Å². The molecule has 0 fully saturated rings. The minimum Gasteiger partial charge on any atom is -0.497 e. The lowest BCUT2D eigenvalue weighted by molar-refractivity contribution is 0.393.